The van der Waals surface area contributed by atoms with Gasteiger partial charge in [0, 0.05) is 42.8 Å². The first-order chi connectivity index (χ1) is 16.5. The van der Waals surface area contributed by atoms with Crippen molar-refractivity contribution in [3.05, 3.63) is 107 Å². The highest BCUT2D eigenvalue weighted by atomic mass is 19.1. The van der Waals surface area contributed by atoms with Crippen LogP contribution >= 0.6 is 0 Å². The maximum Gasteiger partial charge on any atom is 0.256 e. The number of rotatable bonds is 3. The van der Waals surface area contributed by atoms with Crippen LogP contribution in [0.5, 0.6) is 0 Å². The van der Waals surface area contributed by atoms with Gasteiger partial charge in [-0.15, -0.1) is 0 Å². The third kappa shape index (κ3) is 3.49. The summed E-state index contributed by atoms with van der Waals surface area (Å²) >= 11 is 0. The van der Waals surface area contributed by atoms with Crippen LogP contribution in [0, 0.1) is 11.6 Å². The van der Waals surface area contributed by atoms with Crippen molar-refractivity contribution in [1.29, 1.82) is 0 Å². The second-order valence-corrected chi connectivity index (χ2v) is 9.20. The van der Waals surface area contributed by atoms with Crippen molar-refractivity contribution in [1.82, 2.24) is 9.47 Å². The standard InChI is InChI=1S/C28H24F2N2O2/c29-21-13-19(14-22(30)15-21)16-32-17-24(23-6-2-4-8-26(23)32)27(33)31-11-9-28(10-12-31)25-7-3-1-5-20(25)18-34-28/h1-8,13-15,17H,9-12,16,18H2. The van der Waals surface area contributed by atoms with Crippen LogP contribution in [0.1, 0.15) is 39.9 Å². The van der Waals surface area contributed by atoms with Crippen LogP contribution in [0.4, 0.5) is 8.78 Å². The first kappa shape index (κ1) is 21.1. The Kier molecular flexibility index (Phi) is 4.99. The van der Waals surface area contributed by atoms with E-state index in [0.29, 0.717) is 30.8 Å². The molecular formula is C28H24F2N2O2. The number of carbonyl (C=O) groups is 1. The summed E-state index contributed by atoms with van der Waals surface area (Å²) in [6.07, 6.45) is 3.33. The highest BCUT2D eigenvalue weighted by Gasteiger charge is 2.43. The zero-order chi connectivity index (χ0) is 23.3. The quantitative estimate of drug-likeness (QED) is 0.399. The lowest BCUT2D eigenvalue weighted by Crippen LogP contribution is -2.45. The highest BCUT2D eigenvalue weighted by Crippen LogP contribution is 2.44. The number of nitrogens with zero attached hydrogens (tertiary/aromatic N) is 2. The molecule has 6 heteroatoms. The van der Waals surface area contributed by atoms with Crippen LogP contribution in [0.25, 0.3) is 10.9 Å². The van der Waals surface area contributed by atoms with E-state index in [2.05, 4.69) is 12.1 Å². The van der Waals surface area contributed by atoms with Gasteiger partial charge in [0.1, 0.15) is 11.6 Å². The normalized spacial score (nSPS) is 16.8. The van der Waals surface area contributed by atoms with E-state index in [-0.39, 0.29) is 18.1 Å². The van der Waals surface area contributed by atoms with Gasteiger partial charge in [-0.2, -0.15) is 0 Å². The minimum absolute atomic E-state index is 0.0264. The Morgan fingerprint density at radius 1 is 0.941 bits per heavy atom. The van der Waals surface area contributed by atoms with Crippen molar-refractivity contribution in [3.63, 3.8) is 0 Å². The van der Waals surface area contributed by atoms with Crippen molar-refractivity contribution in [2.24, 2.45) is 0 Å². The summed E-state index contributed by atoms with van der Waals surface area (Å²) in [5.74, 6) is -1.25. The fraction of sp³-hybridized carbons (Fsp3) is 0.250. The topological polar surface area (TPSA) is 34.5 Å². The molecule has 2 aliphatic heterocycles. The van der Waals surface area contributed by atoms with Crippen molar-refractivity contribution in [2.75, 3.05) is 13.1 Å². The Hall–Kier alpha value is -3.51. The van der Waals surface area contributed by atoms with Crippen LogP contribution in [0.15, 0.2) is 72.9 Å². The van der Waals surface area contributed by atoms with Crippen molar-refractivity contribution < 1.29 is 18.3 Å². The molecule has 4 nitrogen and oxygen atoms in total. The maximum absolute atomic E-state index is 13.7. The zero-order valence-corrected chi connectivity index (χ0v) is 18.6. The third-order valence-corrected chi connectivity index (χ3v) is 7.16. The number of piperidine rings is 1. The molecule has 0 atom stereocenters. The molecule has 3 aromatic carbocycles. The van der Waals surface area contributed by atoms with Gasteiger partial charge < -0.3 is 14.2 Å². The first-order valence-corrected chi connectivity index (χ1v) is 11.6. The molecular weight excluding hydrogens is 434 g/mol. The van der Waals surface area contributed by atoms with E-state index in [1.165, 1.54) is 23.3 Å². The van der Waals surface area contributed by atoms with Crippen molar-refractivity contribution >= 4 is 16.8 Å². The number of halogens is 2. The summed E-state index contributed by atoms with van der Waals surface area (Å²) in [7, 11) is 0. The molecule has 34 heavy (non-hydrogen) atoms. The van der Waals surface area contributed by atoms with E-state index in [1.54, 1.807) is 0 Å². The average molecular weight is 459 g/mol. The predicted molar refractivity (Wildman–Crippen MR) is 125 cm³/mol. The van der Waals surface area contributed by atoms with Crippen LogP contribution < -0.4 is 0 Å². The number of aromatic nitrogens is 1. The zero-order valence-electron chi connectivity index (χ0n) is 18.6. The molecule has 1 saturated heterocycles. The number of likely N-dealkylation sites (tertiary alicyclic amines) is 1. The molecule has 172 valence electrons. The molecule has 0 saturated carbocycles. The molecule has 0 aliphatic carbocycles. The van der Waals surface area contributed by atoms with E-state index in [9.17, 15) is 13.6 Å². The molecule has 0 radical (unpaired) electrons. The predicted octanol–water partition coefficient (Wildman–Crippen LogP) is 5.63. The SMILES string of the molecule is O=C(c1cn(Cc2cc(F)cc(F)c2)c2ccccc12)N1CCC2(CC1)OCc1ccccc12. The van der Waals surface area contributed by atoms with E-state index in [4.69, 9.17) is 4.74 Å². The summed E-state index contributed by atoms with van der Waals surface area (Å²) in [5, 5.41) is 0.840. The molecule has 3 heterocycles. The lowest BCUT2D eigenvalue weighted by molar-refractivity contribution is -0.0741. The van der Waals surface area contributed by atoms with Gasteiger partial charge in [0.05, 0.1) is 17.8 Å². The van der Waals surface area contributed by atoms with E-state index in [1.807, 2.05) is 52.1 Å². The van der Waals surface area contributed by atoms with Crippen LogP contribution in [0.3, 0.4) is 0 Å². The average Bonchev–Trinajstić information content (AvgIpc) is 3.38. The summed E-state index contributed by atoms with van der Waals surface area (Å²) < 4.78 is 35.6. The lowest BCUT2D eigenvalue weighted by Gasteiger charge is -2.39. The molecule has 1 fully saturated rings. The largest absolute Gasteiger partial charge is 0.365 e. The highest BCUT2D eigenvalue weighted by molar-refractivity contribution is 6.07. The first-order valence-electron chi connectivity index (χ1n) is 11.6. The number of hydrogen-bond donors (Lipinski definition) is 0. The van der Waals surface area contributed by atoms with Gasteiger partial charge in [-0.3, -0.25) is 4.79 Å². The molecule has 1 spiro atoms. The third-order valence-electron chi connectivity index (χ3n) is 7.16. The molecule has 1 aromatic heterocycles. The molecule has 2 aliphatic rings. The number of fused-ring (bicyclic) bond motifs is 3. The van der Waals surface area contributed by atoms with E-state index < -0.39 is 11.6 Å². The van der Waals surface area contributed by atoms with Gasteiger partial charge in [0.2, 0.25) is 0 Å². The Labute approximate surface area is 196 Å². The van der Waals surface area contributed by atoms with Gasteiger partial charge in [-0.1, -0.05) is 42.5 Å². The Morgan fingerprint density at radius 3 is 2.44 bits per heavy atom. The number of hydrogen-bond acceptors (Lipinski definition) is 2. The molecule has 0 unspecified atom stereocenters. The summed E-state index contributed by atoms with van der Waals surface area (Å²) in [5.41, 5.74) is 4.16. The fourth-order valence-corrected chi connectivity index (χ4v) is 5.49. The Morgan fingerprint density at radius 2 is 1.65 bits per heavy atom. The van der Waals surface area contributed by atoms with Crippen molar-refractivity contribution in [2.45, 2.75) is 31.6 Å². The smallest absolute Gasteiger partial charge is 0.256 e. The molecule has 0 bridgehead atoms. The lowest BCUT2D eigenvalue weighted by atomic mass is 9.83. The number of benzene rings is 3. The van der Waals surface area contributed by atoms with Crippen LogP contribution in [-0.2, 0) is 23.5 Å². The second-order valence-electron chi connectivity index (χ2n) is 9.20. The van der Waals surface area contributed by atoms with Crippen molar-refractivity contribution in [3.8, 4) is 0 Å². The van der Waals surface area contributed by atoms with E-state index >= 15 is 0 Å². The minimum Gasteiger partial charge on any atom is -0.365 e. The fourth-order valence-electron chi connectivity index (χ4n) is 5.49. The summed E-state index contributed by atoms with van der Waals surface area (Å²) in [4.78, 5) is 15.5. The van der Waals surface area contributed by atoms with Gasteiger partial charge in [0.15, 0.2) is 0 Å². The Bertz CT molecular complexity index is 1380. The monoisotopic (exact) mass is 458 g/mol. The maximum atomic E-state index is 13.7. The summed E-state index contributed by atoms with van der Waals surface area (Å²) in [6, 6.07) is 19.5. The van der Waals surface area contributed by atoms with Crippen LogP contribution in [-0.4, -0.2) is 28.5 Å². The van der Waals surface area contributed by atoms with Gasteiger partial charge in [-0.25, -0.2) is 8.78 Å². The molecule has 1 amide bonds. The second kappa shape index (κ2) is 8.06. The van der Waals surface area contributed by atoms with E-state index in [0.717, 1.165) is 29.8 Å². The summed E-state index contributed by atoms with van der Waals surface area (Å²) in [6.45, 7) is 2.12. The minimum atomic E-state index is -0.610. The number of para-hydroxylation sites is 1. The van der Waals surface area contributed by atoms with Gasteiger partial charge in [-0.05, 0) is 47.7 Å². The van der Waals surface area contributed by atoms with Crippen LogP contribution in [0.2, 0.25) is 0 Å². The Balaban J connectivity index is 1.27. The number of amides is 1. The molecule has 0 N–H and O–H groups in total. The number of ether oxygens (including phenoxy) is 1. The molecule has 4 aromatic rings. The molecule has 6 rings (SSSR count). The number of carbonyl (C=O) groups excluding carboxylic acids is 1. The van der Waals surface area contributed by atoms with Gasteiger partial charge in [0.25, 0.3) is 5.91 Å². The van der Waals surface area contributed by atoms with Gasteiger partial charge >= 0.3 is 0 Å².